The molecule has 22 heavy (non-hydrogen) atoms. The van der Waals surface area contributed by atoms with Crippen LogP contribution in [0.4, 0.5) is 0 Å². The molecule has 0 spiro atoms. The molecule has 6 heteroatoms. The number of fused-ring (bicyclic) bond motifs is 1. The molecule has 1 aliphatic rings. The first-order valence-corrected chi connectivity index (χ1v) is 8.41. The highest BCUT2D eigenvalue weighted by Gasteiger charge is 2.29. The molecule has 0 N–H and O–H groups in total. The lowest BCUT2D eigenvalue weighted by molar-refractivity contribution is 0.0607. The molecule has 1 saturated heterocycles. The Morgan fingerprint density at radius 1 is 1.27 bits per heavy atom. The molecule has 1 aliphatic heterocycles. The highest BCUT2D eigenvalue weighted by molar-refractivity contribution is 7.08. The van der Waals surface area contributed by atoms with Crippen LogP contribution in [0.1, 0.15) is 41.4 Å². The summed E-state index contributed by atoms with van der Waals surface area (Å²) in [5, 5.41) is 8.04. The largest absolute Gasteiger partial charge is 0.330 e. The molecule has 0 unspecified atom stereocenters. The molecular weight excluding hydrogens is 296 g/mol. The van der Waals surface area contributed by atoms with Gasteiger partial charge >= 0.3 is 0 Å². The molecule has 3 aromatic rings. The van der Waals surface area contributed by atoms with Crippen LogP contribution in [0.2, 0.25) is 0 Å². The number of hydrogen-bond donors (Lipinski definition) is 0. The molecule has 0 bridgehead atoms. The number of thiophene rings is 1. The molecule has 5 nitrogen and oxygen atoms in total. The van der Waals surface area contributed by atoms with Crippen molar-refractivity contribution in [3.63, 3.8) is 0 Å². The van der Waals surface area contributed by atoms with Crippen molar-refractivity contribution >= 4 is 22.9 Å². The minimum absolute atomic E-state index is 0.0565. The average molecular weight is 312 g/mol. The zero-order valence-electron chi connectivity index (χ0n) is 12.1. The van der Waals surface area contributed by atoms with Gasteiger partial charge in [0, 0.05) is 24.2 Å². The van der Waals surface area contributed by atoms with Crippen molar-refractivity contribution in [2.24, 2.45) is 0 Å². The third-order valence-corrected chi connectivity index (χ3v) is 4.84. The molecule has 1 fully saturated rings. The Labute approximate surface area is 132 Å². The predicted octanol–water partition coefficient (Wildman–Crippen LogP) is 3.16. The van der Waals surface area contributed by atoms with Gasteiger partial charge in [-0.05, 0) is 36.8 Å². The lowest BCUT2D eigenvalue weighted by atomic mass is 9.98. The van der Waals surface area contributed by atoms with Gasteiger partial charge in [0.1, 0.15) is 0 Å². The molecule has 112 valence electrons. The number of carbonyl (C=O) groups is 1. The highest BCUT2D eigenvalue weighted by Crippen LogP contribution is 2.31. The van der Waals surface area contributed by atoms with Gasteiger partial charge in [0.25, 0.3) is 5.91 Å². The van der Waals surface area contributed by atoms with E-state index in [1.54, 1.807) is 22.0 Å². The fraction of sp³-hybridized carbons (Fsp3) is 0.312. The first kappa shape index (κ1) is 13.5. The smallest absolute Gasteiger partial charge is 0.255 e. The van der Waals surface area contributed by atoms with E-state index in [-0.39, 0.29) is 11.9 Å². The quantitative estimate of drug-likeness (QED) is 0.730. The zero-order chi connectivity index (χ0) is 14.9. The maximum atomic E-state index is 12.7. The summed E-state index contributed by atoms with van der Waals surface area (Å²) in [7, 11) is 0. The molecule has 0 saturated carbocycles. The van der Waals surface area contributed by atoms with Crippen LogP contribution in [0, 0.1) is 0 Å². The first-order chi connectivity index (χ1) is 10.8. The number of nitrogens with zero attached hydrogens (tertiary/aromatic N) is 4. The number of carbonyl (C=O) groups excluding carboxylic acids is 1. The van der Waals surface area contributed by atoms with Gasteiger partial charge in [-0.3, -0.25) is 4.79 Å². The van der Waals surface area contributed by atoms with Gasteiger partial charge in [-0.2, -0.15) is 16.4 Å². The summed E-state index contributed by atoms with van der Waals surface area (Å²) < 4.78 is 1.75. The maximum Gasteiger partial charge on any atom is 0.255 e. The van der Waals surface area contributed by atoms with Crippen molar-refractivity contribution in [2.45, 2.75) is 25.3 Å². The van der Waals surface area contributed by atoms with E-state index >= 15 is 0 Å². The first-order valence-electron chi connectivity index (χ1n) is 7.46. The fourth-order valence-corrected chi connectivity index (χ4v) is 3.68. The van der Waals surface area contributed by atoms with Crippen LogP contribution in [0.5, 0.6) is 0 Å². The van der Waals surface area contributed by atoms with Gasteiger partial charge in [0.15, 0.2) is 5.65 Å². The minimum atomic E-state index is 0.0565. The normalized spacial score (nSPS) is 18.7. The lowest BCUT2D eigenvalue weighted by Gasteiger charge is -2.35. The number of aromatic nitrogens is 3. The van der Waals surface area contributed by atoms with Crippen LogP contribution in [0.25, 0.3) is 5.65 Å². The number of hydrogen-bond acceptors (Lipinski definition) is 4. The molecular formula is C16H16N4OS. The van der Waals surface area contributed by atoms with Gasteiger partial charge in [0.2, 0.25) is 0 Å². The Kier molecular flexibility index (Phi) is 3.38. The molecule has 1 amide bonds. The van der Waals surface area contributed by atoms with E-state index in [0.29, 0.717) is 0 Å². The Hall–Kier alpha value is -2.21. The standard InChI is InChI=1S/C16H16N4OS/c21-16(12-6-10-22-11-12)19-8-2-1-3-14(19)13-5-9-20-15(18-13)4-7-17-20/h4-7,9-11,14H,1-3,8H2/t14-/m0/s1. The number of rotatable bonds is 2. The van der Waals surface area contributed by atoms with Gasteiger partial charge in [-0.1, -0.05) is 0 Å². The van der Waals surface area contributed by atoms with Crippen molar-refractivity contribution in [1.82, 2.24) is 19.5 Å². The highest BCUT2D eigenvalue weighted by atomic mass is 32.1. The lowest BCUT2D eigenvalue weighted by Crippen LogP contribution is -2.38. The second-order valence-corrected chi connectivity index (χ2v) is 6.29. The van der Waals surface area contributed by atoms with Gasteiger partial charge in [-0.25, -0.2) is 9.50 Å². The second kappa shape index (κ2) is 5.53. The van der Waals surface area contributed by atoms with Crippen LogP contribution in [0.15, 0.2) is 41.4 Å². The Morgan fingerprint density at radius 2 is 2.23 bits per heavy atom. The Balaban J connectivity index is 1.69. The molecule has 0 radical (unpaired) electrons. The average Bonchev–Trinajstić information content (AvgIpc) is 3.24. The molecule has 1 atom stereocenters. The van der Waals surface area contributed by atoms with Crippen LogP contribution in [-0.4, -0.2) is 31.9 Å². The molecule has 3 aromatic heterocycles. The van der Waals surface area contributed by atoms with E-state index in [2.05, 4.69) is 10.1 Å². The number of likely N-dealkylation sites (tertiary alicyclic amines) is 1. The molecule has 4 rings (SSSR count). The third-order valence-electron chi connectivity index (χ3n) is 4.15. The maximum absolute atomic E-state index is 12.7. The predicted molar refractivity (Wildman–Crippen MR) is 84.9 cm³/mol. The van der Waals surface area contributed by atoms with Gasteiger partial charge < -0.3 is 4.90 Å². The van der Waals surface area contributed by atoms with Crippen LogP contribution in [-0.2, 0) is 0 Å². The summed E-state index contributed by atoms with van der Waals surface area (Å²) in [6.07, 6.45) is 6.81. The summed E-state index contributed by atoms with van der Waals surface area (Å²) >= 11 is 1.56. The monoisotopic (exact) mass is 312 g/mol. The summed E-state index contributed by atoms with van der Waals surface area (Å²) in [4.78, 5) is 19.4. The molecule has 4 heterocycles. The summed E-state index contributed by atoms with van der Waals surface area (Å²) in [5.74, 6) is 0.112. The van der Waals surface area contributed by atoms with Crippen molar-refractivity contribution < 1.29 is 4.79 Å². The number of piperidine rings is 1. The van der Waals surface area contributed by atoms with Crippen LogP contribution < -0.4 is 0 Å². The summed E-state index contributed by atoms with van der Waals surface area (Å²) in [5.41, 5.74) is 2.56. The number of amides is 1. The molecule has 0 aliphatic carbocycles. The SMILES string of the molecule is O=C(c1ccsc1)N1CCCC[C@H]1c1ccn2nccc2n1. The fourth-order valence-electron chi connectivity index (χ4n) is 3.05. The van der Waals surface area contributed by atoms with Crippen molar-refractivity contribution in [2.75, 3.05) is 6.54 Å². The van der Waals surface area contributed by atoms with E-state index < -0.39 is 0 Å². The summed E-state index contributed by atoms with van der Waals surface area (Å²) in [6, 6.07) is 5.81. The van der Waals surface area contributed by atoms with E-state index in [1.807, 2.05) is 40.1 Å². The van der Waals surface area contributed by atoms with E-state index in [4.69, 9.17) is 0 Å². The Bertz CT molecular complexity index is 795. The van der Waals surface area contributed by atoms with Crippen LogP contribution >= 0.6 is 11.3 Å². The molecule has 0 aromatic carbocycles. The zero-order valence-corrected chi connectivity index (χ0v) is 12.9. The van der Waals surface area contributed by atoms with Gasteiger partial charge in [0.05, 0.1) is 23.5 Å². The second-order valence-electron chi connectivity index (χ2n) is 5.51. The van der Waals surface area contributed by atoms with Crippen LogP contribution in [0.3, 0.4) is 0 Å². The summed E-state index contributed by atoms with van der Waals surface area (Å²) in [6.45, 7) is 0.797. The van der Waals surface area contributed by atoms with E-state index in [1.165, 1.54) is 0 Å². The van der Waals surface area contributed by atoms with Crippen molar-refractivity contribution in [3.05, 3.63) is 52.6 Å². The van der Waals surface area contributed by atoms with Crippen molar-refractivity contribution in [3.8, 4) is 0 Å². The van der Waals surface area contributed by atoms with E-state index in [9.17, 15) is 4.79 Å². The van der Waals surface area contributed by atoms with E-state index in [0.717, 1.165) is 42.7 Å². The third kappa shape index (κ3) is 2.29. The topological polar surface area (TPSA) is 50.5 Å². The van der Waals surface area contributed by atoms with Gasteiger partial charge in [-0.15, -0.1) is 0 Å². The van der Waals surface area contributed by atoms with Crippen molar-refractivity contribution in [1.29, 1.82) is 0 Å². The Morgan fingerprint density at radius 3 is 3.09 bits per heavy atom. The minimum Gasteiger partial charge on any atom is -0.330 e.